The summed E-state index contributed by atoms with van der Waals surface area (Å²) in [6, 6.07) is 0. The first kappa shape index (κ1) is 15.9. The molecule has 0 aromatic carbocycles. The minimum Gasteiger partial charge on any atom is -0.377 e. The van der Waals surface area contributed by atoms with Crippen LogP contribution < -0.4 is 5.32 Å². The van der Waals surface area contributed by atoms with Gasteiger partial charge in [-0.25, -0.2) is 8.42 Å². The fourth-order valence-electron chi connectivity index (χ4n) is 2.17. The lowest BCUT2D eigenvalue weighted by atomic mass is 10.2. The van der Waals surface area contributed by atoms with Gasteiger partial charge in [0.15, 0.2) is 9.84 Å². The Bertz CT molecular complexity index is 297. The van der Waals surface area contributed by atoms with Crippen LogP contribution in [0, 0.1) is 0 Å². The third kappa shape index (κ3) is 7.34. The molecule has 1 atom stereocenters. The molecule has 1 heterocycles. The molecule has 0 radical (unpaired) electrons. The summed E-state index contributed by atoms with van der Waals surface area (Å²) in [5.41, 5.74) is 0. The third-order valence-electron chi connectivity index (χ3n) is 3.26. The standard InChI is InChI=1S/C13H27NO3S/c1-2-3-4-5-8-14-9-11-18(15,16)12-13-7-6-10-17-13/h13-14H,2-12H2,1H3. The Morgan fingerprint density at radius 3 is 2.72 bits per heavy atom. The molecule has 5 heteroatoms. The van der Waals surface area contributed by atoms with E-state index >= 15 is 0 Å². The van der Waals surface area contributed by atoms with E-state index in [1.54, 1.807) is 0 Å². The first-order valence-electron chi connectivity index (χ1n) is 7.17. The first-order valence-corrected chi connectivity index (χ1v) is 8.99. The zero-order valence-corrected chi connectivity index (χ0v) is 12.3. The average Bonchev–Trinajstić information content (AvgIpc) is 2.80. The van der Waals surface area contributed by atoms with Crippen molar-refractivity contribution in [1.82, 2.24) is 5.32 Å². The molecule has 0 aromatic rings. The molecular formula is C13H27NO3S. The van der Waals surface area contributed by atoms with Gasteiger partial charge < -0.3 is 10.1 Å². The second-order valence-corrected chi connectivity index (χ2v) is 7.29. The van der Waals surface area contributed by atoms with E-state index in [1.165, 1.54) is 19.3 Å². The van der Waals surface area contributed by atoms with Gasteiger partial charge in [0.05, 0.1) is 17.6 Å². The van der Waals surface area contributed by atoms with Crippen LogP contribution >= 0.6 is 0 Å². The molecule has 1 fully saturated rings. The van der Waals surface area contributed by atoms with Crippen LogP contribution in [0.25, 0.3) is 0 Å². The molecule has 0 amide bonds. The van der Waals surface area contributed by atoms with Crippen molar-refractivity contribution in [3.8, 4) is 0 Å². The Morgan fingerprint density at radius 1 is 1.22 bits per heavy atom. The normalized spacial score (nSPS) is 20.4. The van der Waals surface area contributed by atoms with E-state index in [4.69, 9.17) is 4.74 Å². The molecule has 0 aromatic heterocycles. The van der Waals surface area contributed by atoms with E-state index in [-0.39, 0.29) is 17.6 Å². The lowest BCUT2D eigenvalue weighted by molar-refractivity contribution is 0.127. The molecule has 4 nitrogen and oxygen atoms in total. The van der Waals surface area contributed by atoms with E-state index in [0.29, 0.717) is 6.54 Å². The monoisotopic (exact) mass is 277 g/mol. The molecule has 0 spiro atoms. The smallest absolute Gasteiger partial charge is 0.154 e. The number of hydrogen-bond donors (Lipinski definition) is 1. The topological polar surface area (TPSA) is 55.4 Å². The Balaban J connectivity index is 2.02. The summed E-state index contributed by atoms with van der Waals surface area (Å²) in [6.45, 7) is 4.40. The maximum Gasteiger partial charge on any atom is 0.154 e. The van der Waals surface area contributed by atoms with Gasteiger partial charge in [0.2, 0.25) is 0 Å². The van der Waals surface area contributed by atoms with Crippen LogP contribution in [0.1, 0.15) is 45.4 Å². The Hall–Kier alpha value is -0.130. The van der Waals surface area contributed by atoms with Crippen molar-refractivity contribution in [3.05, 3.63) is 0 Å². The molecule has 1 N–H and O–H groups in total. The van der Waals surface area contributed by atoms with E-state index in [2.05, 4.69) is 12.2 Å². The van der Waals surface area contributed by atoms with Gasteiger partial charge >= 0.3 is 0 Å². The summed E-state index contributed by atoms with van der Waals surface area (Å²) in [6.07, 6.45) is 6.69. The van der Waals surface area contributed by atoms with Crippen molar-refractivity contribution in [2.24, 2.45) is 0 Å². The van der Waals surface area contributed by atoms with E-state index in [9.17, 15) is 8.42 Å². The molecule has 1 aliphatic rings. The summed E-state index contributed by atoms with van der Waals surface area (Å²) in [7, 11) is -2.95. The molecule has 1 rings (SSSR count). The van der Waals surface area contributed by atoms with Gasteiger partial charge in [0.1, 0.15) is 0 Å². The average molecular weight is 277 g/mol. The molecular weight excluding hydrogens is 250 g/mol. The van der Waals surface area contributed by atoms with Crippen LogP contribution in [0.3, 0.4) is 0 Å². The molecule has 0 aliphatic carbocycles. The summed E-state index contributed by atoms with van der Waals surface area (Å²) in [4.78, 5) is 0. The lowest BCUT2D eigenvalue weighted by Crippen LogP contribution is -2.29. The van der Waals surface area contributed by atoms with E-state index < -0.39 is 9.84 Å². The van der Waals surface area contributed by atoms with Crippen LogP contribution in [-0.2, 0) is 14.6 Å². The number of sulfone groups is 1. The van der Waals surface area contributed by atoms with Crippen molar-refractivity contribution in [2.75, 3.05) is 31.2 Å². The van der Waals surface area contributed by atoms with Gasteiger partial charge in [-0.3, -0.25) is 0 Å². The quantitative estimate of drug-likeness (QED) is 0.618. The number of hydrogen-bond acceptors (Lipinski definition) is 4. The molecule has 1 aliphatic heterocycles. The van der Waals surface area contributed by atoms with Crippen molar-refractivity contribution in [3.63, 3.8) is 0 Å². The highest BCUT2D eigenvalue weighted by atomic mass is 32.2. The molecule has 1 saturated heterocycles. The lowest BCUT2D eigenvalue weighted by Gasteiger charge is -2.10. The predicted molar refractivity (Wildman–Crippen MR) is 74.6 cm³/mol. The van der Waals surface area contributed by atoms with E-state index in [0.717, 1.165) is 32.4 Å². The zero-order chi connectivity index (χ0) is 13.3. The third-order valence-corrected chi connectivity index (χ3v) is 4.97. The Labute approximate surface area is 111 Å². The minimum absolute atomic E-state index is 0.0560. The van der Waals surface area contributed by atoms with Crippen molar-refractivity contribution < 1.29 is 13.2 Å². The number of ether oxygens (including phenoxy) is 1. The minimum atomic E-state index is -2.95. The SMILES string of the molecule is CCCCCCNCCS(=O)(=O)CC1CCCO1. The van der Waals surface area contributed by atoms with Crippen LogP contribution in [0.5, 0.6) is 0 Å². The summed E-state index contributed by atoms with van der Waals surface area (Å²) in [5.74, 6) is 0.436. The zero-order valence-electron chi connectivity index (χ0n) is 11.5. The van der Waals surface area contributed by atoms with Crippen molar-refractivity contribution in [2.45, 2.75) is 51.6 Å². The van der Waals surface area contributed by atoms with Gasteiger partial charge in [-0.15, -0.1) is 0 Å². The maximum absolute atomic E-state index is 11.8. The second kappa shape index (κ2) is 8.88. The highest BCUT2D eigenvalue weighted by Gasteiger charge is 2.22. The summed E-state index contributed by atoms with van der Waals surface area (Å²) >= 11 is 0. The van der Waals surface area contributed by atoms with Gasteiger partial charge in [0.25, 0.3) is 0 Å². The molecule has 18 heavy (non-hydrogen) atoms. The van der Waals surface area contributed by atoms with Crippen LogP contribution in [0.2, 0.25) is 0 Å². The fraction of sp³-hybridized carbons (Fsp3) is 1.00. The van der Waals surface area contributed by atoms with Gasteiger partial charge in [-0.2, -0.15) is 0 Å². The molecule has 108 valence electrons. The van der Waals surface area contributed by atoms with Crippen LogP contribution in [0.15, 0.2) is 0 Å². The number of nitrogens with one attached hydrogen (secondary N) is 1. The summed E-state index contributed by atoms with van der Waals surface area (Å²) < 4.78 is 29.0. The number of rotatable bonds is 10. The van der Waals surface area contributed by atoms with Gasteiger partial charge in [0, 0.05) is 13.2 Å². The largest absolute Gasteiger partial charge is 0.377 e. The molecule has 0 saturated carbocycles. The van der Waals surface area contributed by atoms with E-state index in [1.807, 2.05) is 0 Å². The second-order valence-electron chi connectivity index (χ2n) is 5.06. The highest BCUT2D eigenvalue weighted by molar-refractivity contribution is 7.91. The number of unbranched alkanes of at least 4 members (excludes halogenated alkanes) is 3. The van der Waals surface area contributed by atoms with Crippen molar-refractivity contribution >= 4 is 9.84 Å². The van der Waals surface area contributed by atoms with Crippen LogP contribution in [0.4, 0.5) is 0 Å². The highest BCUT2D eigenvalue weighted by Crippen LogP contribution is 2.14. The fourth-order valence-corrected chi connectivity index (χ4v) is 3.62. The summed E-state index contributed by atoms with van der Waals surface area (Å²) in [5, 5.41) is 3.21. The Morgan fingerprint density at radius 2 is 2.06 bits per heavy atom. The van der Waals surface area contributed by atoms with Gasteiger partial charge in [-0.05, 0) is 25.8 Å². The Kier molecular flexibility index (Phi) is 7.86. The first-order chi connectivity index (χ1) is 8.64. The molecule has 1 unspecified atom stereocenters. The predicted octanol–water partition coefficient (Wildman–Crippen LogP) is 1.75. The van der Waals surface area contributed by atoms with Crippen molar-refractivity contribution in [1.29, 1.82) is 0 Å². The molecule has 0 bridgehead atoms. The van der Waals surface area contributed by atoms with Gasteiger partial charge in [-0.1, -0.05) is 26.2 Å². The maximum atomic E-state index is 11.8. The van der Waals surface area contributed by atoms with Crippen LogP contribution in [-0.4, -0.2) is 45.7 Å².